The molecule has 0 atom stereocenters. The summed E-state index contributed by atoms with van der Waals surface area (Å²) in [7, 11) is 1.79. The number of nitriles is 1. The number of nitrogens with zero attached hydrogens (tertiary/aromatic N) is 4. The van der Waals surface area contributed by atoms with Crippen LogP contribution in [0.25, 0.3) is 11.0 Å². The van der Waals surface area contributed by atoms with Crippen molar-refractivity contribution in [1.82, 2.24) is 9.55 Å². The lowest BCUT2D eigenvalue weighted by atomic mass is 10.0. The lowest BCUT2D eigenvalue weighted by molar-refractivity contribution is -0.119. The summed E-state index contributed by atoms with van der Waals surface area (Å²) in [6.07, 6.45) is 5.15. The maximum Gasteiger partial charge on any atom is 0.257 e. The topological polar surface area (TPSA) is 120 Å². The maximum absolute atomic E-state index is 13.0. The van der Waals surface area contributed by atoms with Crippen LogP contribution in [0.1, 0.15) is 48.0 Å². The summed E-state index contributed by atoms with van der Waals surface area (Å²) >= 11 is 0. The molecular weight excluding hydrogens is 506 g/mol. The summed E-state index contributed by atoms with van der Waals surface area (Å²) in [6, 6.07) is 20.5. The summed E-state index contributed by atoms with van der Waals surface area (Å²) in [5.41, 5.74) is 3.03. The first-order chi connectivity index (χ1) is 19.4. The average Bonchev–Trinajstić information content (AvgIpc) is 3.61. The minimum atomic E-state index is -0.357. The number of anilines is 2. The number of aromatic hydroxyl groups is 1. The van der Waals surface area contributed by atoms with Crippen LogP contribution in [0.5, 0.6) is 11.5 Å². The van der Waals surface area contributed by atoms with Crippen molar-refractivity contribution < 1.29 is 19.4 Å². The number of hydrogen-bond donors (Lipinski definition) is 2. The van der Waals surface area contributed by atoms with Crippen molar-refractivity contribution in [3.8, 4) is 17.6 Å². The Morgan fingerprint density at radius 1 is 1.10 bits per heavy atom. The standard InChI is InChI=1S/C31H31N5O4/c1-35(29(38)18-21-4-2-3-5-21)24-10-15-28-27(19-24)33-31(34-30(39)23-8-6-22(20-32)7-9-23)36(28)16-17-40-26-13-11-25(37)12-14-26/h6-15,19,21,37H,2-5,16-18H2,1H3,(H,33,34,39). The molecule has 0 radical (unpaired) electrons. The van der Waals surface area contributed by atoms with Crippen molar-refractivity contribution >= 4 is 34.5 Å². The first-order valence-electron chi connectivity index (χ1n) is 13.4. The monoisotopic (exact) mass is 537 g/mol. The number of carbonyl (C=O) groups excluding carboxylic acids is 2. The molecule has 0 aliphatic heterocycles. The molecule has 1 aromatic heterocycles. The Bertz CT molecular complexity index is 1550. The van der Waals surface area contributed by atoms with E-state index in [4.69, 9.17) is 15.0 Å². The predicted octanol–water partition coefficient (Wildman–Crippen LogP) is 5.49. The number of ether oxygens (including phenoxy) is 1. The Hall–Kier alpha value is -4.84. The molecule has 1 heterocycles. The fraction of sp³-hybridized carbons (Fsp3) is 0.290. The van der Waals surface area contributed by atoms with E-state index in [1.165, 1.54) is 12.8 Å². The van der Waals surface area contributed by atoms with E-state index in [-0.39, 0.29) is 24.2 Å². The molecule has 0 saturated heterocycles. The number of aromatic nitrogens is 2. The van der Waals surface area contributed by atoms with E-state index in [1.807, 2.05) is 28.8 Å². The molecule has 2 amide bonds. The van der Waals surface area contributed by atoms with Gasteiger partial charge in [0.15, 0.2) is 0 Å². The van der Waals surface area contributed by atoms with E-state index in [2.05, 4.69) is 5.32 Å². The molecule has 3 aromatic carbocycles. The van der Waals surface area contributed by atoms with Crippen molar-refractivity contribution in [2.75, 3.05) is 23.9 Å². The van der Waals surface area contributed by atoms with Crippen LogP contribution in [0, 0.1) is 17.2 Å². The Morgan fingerprint density at radius 3 is 2.52 bits per heavy atom. The highest BCUT2D eigenvalue weighted by Gasteiger charge is 2.22. The van der Waals surface area contributed by atoms with Crippen molar-refractivity contribution in [3.05, 3.63) is 77.9 Å². The molecule has 9 heteroatoms. The van der Waals surface area contributed by atoms with Gasteiger partial charge >= 0.3 is 0 Å². The van der Waals surface area contributed by atoms with Crippen LogP contribution >= 0.6 is 0 Å². The molecule has 1 fully saturated rings. The molecule has 0 spiro atoms. The molecule has 1 saturated carbocycles. The summed E-state index contributed by atoms with van der Waals surface area (Å²) < 4.78 is 7.72. The number of carbonyl (C=O) groups is 2. The fourth-order valence-corrected chi connectivity index (χ4v) is 5.06. The number of phenolic OH excluding ortho intramolecular Hbond substituents is 1. The SMILES string of the molecule is CN(C(=O)CC1CCCC1)c1ccc2c(c1)nc(NC(=O)c1ccc(C#N)cc1)n2CCOc1ccc(O)cc1. The van der Waals surface area contributed by atoms with E-state index in [0.29, 0.717) is 47.2 Å². The Labute approximate surface area is 232 Å². The van der Waals surface area contributed by atoms with Gasteiger partial charge in [-0.1, -0.05) is 12.8 Å². The number of benzene rings is 3. The van der Waals surface area contributed by atoms with Gasteiger partial charge in [-0.05, 0) is 85.5 Å². The summed E-state index contributed by atoms with van der Waals surface area (Å²) in [6.45, 7) is 0.674. The Balaban J connectivity index is 1.39. The third kappa shape index (κ3) is 6.07. The molecule has 0 bridgehead atoms. The Morgan fingerprint density at radius 2 is 1.82 bits per heavy atom. The maximum atomic E-state index is 13.0. The highest BCUT2D eigenvalue weighted by atomic mass is 16.5. The largest absolute Gasteiger partial charge is 0.508 e. The van der Waals surface area contributed by atoms with Gasteiger partial charge in [-0.3, -0.25) is 14.9 Å². The quantitative estimate of drug-likeness (QED) is 0.291. The highest BCUT2D eigenvalue weighted by Crippen LogP contribution is 2.30. The highest BCUT2D eigenvalue weighted by molar-refractivity contribution is 6.04. The number of fused-ring (bicyclic) bond motifs is 1. The molecule has 5 rings (SSSR count). The van der Waals surface area contributed by atoms with Gasteiger partial charge in [-0.2, -0.15) is 5.26 Å². The van der Waals surface area contributed by atoms with Gasteiger partial charge in [0.25, 0.3) is 5.91 Å². The number of imidazole rings is 1. The lowest BCUT2D eigenvalue weighted by Crippen LogP contribution is -2.27. The van der Waals surface area contributed by atoms with Gasteiger partial charge in [0.05, 0.1) is 29.2 Å². The third-order valence-electron chi connectivity index (χ3n) is 7.35. The van der Waals surface area contributed by atoms with Crippen LogP contribution in [0.4, 0.5) is 11.6 Å². The summed E-state index contributed by atoms with van der Waals surface area (Å²) in [5, 5.41) is 21.5. The molecular formula is C31H31N5O4. The minimum Gasteiger partial charge on any atom is -0.508 e. The second-order valence-corrected chi connectivity index (χ2v) is 10.1. The van der Waals surface area contributed by atoms with E-state index >= 15 is 0 Å². The van der Waals surface area contributed by atoms with Crippen molar-refractivity contribution in [1.29, 1.82) is 5.26 Å². The molecule has 2 N–H and O–H groups in total. The fourth-order valence-electron chi connectivity index (χ4n) is 5.06. The van der Waals surface area contributed by atoms with Crippen LogP contribution in [-0.2, 0) is 11.3 Å². The minimum absolute atomic E-state index is 0.0855. The number of amides is 2. The molecule has 4 aromatic rings. The van der Waals surface area contributed by atoms with Gasteiger partial charge in [0.2, 0.25) is 11.9 Å². The molecule has 1 aliphatic rings. The van der Waals surface area contributed by atoms with Gasteiger partial charge < -0.3 is 19.3 Å². The van der Waals surface area contributed by atoms with Crippen LogP contribution in [0.3, 0.4) is 0 Å². The van der Waals surface area contributed by atoms with Gasteiger partial charge in [0, 0.05) is 24.7 Å². The van der Waals surface area contributed by atoms with Gasteiger partial charge in [-0.25, -0.2) is 4.98 Å². The zero-order valence-electron chi connectivity index (χ0n) is 22.3. The van der Waals surface area contributed by atoms with E-state index in [9.17, 15) is 14.7 Å². The van der Waals surface area contributed by atoms with Crippen molar-refractivity contribution in [2.45, 2.75) is 38.6 Å². The zero-order chi connectivity index (χ0) is 28.1. The van der Waals surface area contributed by atoms with Crippen LogP contribution < -0.4 is 15.0 Å². The summed E-state index contributed by atoms with van der Waals surface area (Å²) in [4.78, 5) is 32.4. The Kier molecular flexibility index (Phi) is 7.97. The molecule has 40 heavy (non-hydrogen) atoms. The number of hydrogen-bond acceptors (Lipinski definition) is 6. The lowest BCUT2D eigenvalue weighted by Gasteiger charge is -2.19. The summed E-state index contributed by atoms with van der Waals surface area (Å²) in [5.74, 6) is 1.29. The third-order valence-corrected chi connectivity index (χ3v) is 7.35. The molecule has 0 unspecified atom stereocenters. The number of nitrogens with one attached hydrogen (secondary N) is 1. The second kappa shape index (κ2) is 11.9. The average molecular weight is 538 g/mol. The first kappa shape index (κ1) is 26.8. The predicted molar refractivity (Wildman–Crippen MR) is 152 cm³/mol. The van der Waals surface area contributed by atoms with Crippen LogP contribution in [-0.4, -0.2) is 40.1 Å². The molecule has 9 nitrogen and oxygen atoms in total. The normalized spacial score (nSPS) is 13.2. The van der Waals surface area contributed by atoms with Gasteiger partial charge in [0.1, 0.15) is 18.1 Å². The zero-order valence-corrected chi connectivity index (χ0v) is 22.3. The van der Waals surface area contributed by atoms with Crippen molar-refractivity contribution in [2.24, 2.45) is 5.92 Å². The first-order valence-corrected chi connectivity index (χ1v) is 13.4. The number of phenols is 1. The van der Waals surface area contributed by atoms with E-state index < -0.39 is 0 Å². The smallest absolute Gasteiger partial charge is 0.257 e. The second-order valence-electron chi connectivity index (χ2n) is 10.1. The molecule has 204 valence electrons. The van der Waals surface area contributed by atoms with E-state index in [0.717, 1.165) is 24.0 Å². The van der Waals surface area contributed by atoms with E-state index in [1.54, 1.807) is 60.5 Å². The van der Waals surface area contributed by atoms with Gasteiger partial charge in [-0.15, -0.1) is 0 Å². The van der Waals surface area contributed by atoms with Crippen LogP contribution in [0.2, 0.25) is 0 Å². The van der Waals surface area contributed by atoms with Crippen LogP contribution in [0.15, 0.2) is 66.7 Å². The van der Waals surface area contributed by atoms with Crippen molar-refractivity contribution in [3.63, 3.8) is 0 Å². The molecule has 1 aliphatic carbocycles. The number of rotatable bonds is 9.